The number of benzene rings is 2. The fourth-order valence-electron chi connectivity index (χ4n) is 3.56. The Morgan fingerprint density at radius 1 is 1.12 bits per heavy atom. The van der Waals surface area contributed by atoms with Crippen molar-refractivity contribution in [3.63, 3.8) is 0 Å². The summed E-state index contributed by atoms with van der Waals surface area (Å²) in [5.74, 6) is -0.104. The van der Waals surface area contributed by atoms with Crippen molar-refractivity contribution in [3.8, 4) is 5.75 Å². The standard InChI is InChI=1S/C20H21Br2NO3/c1-26-18-7-6-16(22)12-17(18)19(13-2-4-15(21)5-3-13)23-10-8-14(9-11-23)20(24)25/h2-7,12,14,19H,8-11H2,1H3,(H,24,25). The van der Waals surface area contributed by atoms with Crippen LogP contribution in [0.4, 0.5) is 0 Å². The number of hydrogen-bond donors (Lipinski definition) is 1. The first-order valence-corrected chi connectivity index (χ1v) is 10.1. The average Bonchev–Trinajstić information content (AvgIpc) is 2.64. The molecule has 2 aromatic rings. The topological polar surface area (TPSA) is 49.8 Å². The Hall–Kier alpha value is -1.37. The molecule has 0 bridgehead atoms. The molecule has 0 amide bonds. The van der Waals surface area contributed by atoms with Gasteiger partial charge in [0.2, 0.25) is 0 Å². The van der Waals surface area contributed by atoms with Gasteiger partial charge in [-0.1, -0.05) is 44.0 Å². The van der Waals surface area contributed by atoms with Crippen LogP contribution in [0.1, 0.15) is 30.0 Å². The number of carboxylic acid groups (broad SMARTS) is 1. The summed E-state index contributed by atoms with van der Waals surface area (Å²) in [7, 11) is 1.68. The molecule has 0 spiro atoms. The van der Waals surface area contributed by atoms with Crippen molar-refractivity contribution in [3.05, 3.63) is 62.5 Å². The molecule has 1 unspecified atom stereocenters. The molecule has 2 aromatic carbocycles. The fraction of sp³-hybridized carbons (Fsp3) is 0.350. The Bertz CT molecular complexity index is 771. The first kappa shape index (κ1) is 19.4. The van der Waals surface area contributed by atoms with E-state index < -0.39 is 5.97 Å². The van der Waals surface area contributed by atoms with Gasteiger partial charge in [0.15, 0.2) is 0 Å². The van der Waals surface area contributed by atoms with Crippen molar-refractivity contribution in [2.75, 3.05) is 20.2 Å². The third kappa shape index (κ3) is 4.30. The van der Waals surface area contributed by atoms with Gasteiger partial charge in [0.05, 0.1) is 19.1 Å². The van der Waals surface area contributed by atoms with Crippen LogP contribution in [-0.2, 0) is 4.79 Å². The van der Waals surface area contributed by atoms with Crippen LogP contribution >= 0.6 is 31.9 Å². The summed E-state index contributed by atoms with van der Waals surface area (Å²) in [6.45, 7) is 1.49. The monoisotopic (exact) mass is 481 g/mol. The zero-order valence-corrected chi connectivity index (χ0v) is 17.7. The maximum atomic E-state index is 11.3. The summed E-state index contributed by atoms with van der Waals surface area (Å²) in [6.07, 6.45) is 1.33. The van der Waals surface area contributed by atoms with Crippen LogP contribution in [0.2, 0.25) is 0 Å². The smallest absolute Gasteiger partial charge is 0.306 e. The van der Waals surface area contributed by atoms with E-state index in [1.807, 2.05) is 24.3 Å². The molecule has 1 N–H and O–H groups in total. The maximum Gasteiger partial charge on any atom is 0.306 e. The normalized spacial score (nSPS) is 17.0. The summed E-state index contributed by atoms with van der Waals surface area (Å²) in [4.78, 5) is 13.7. The number of aliphatic carboxylic acids is 1. The molecule has 1 aliphatic heterocycles. The van der Waals surface area contributed by atoms with E-state index >= 15 is 0 Å². The molecule has 0 radical (unpaired) electrons. The van der Waals surface area contributed by atoms with Gasteiger partial charge in [0, 0.05) is 14.5 Å². The van der Waals surface area contributed by atoms with Crippen LogP contribution in [0.3, 0.4) is 0 Å². The molecule has 1 saturated heterocycles. The maximum absolute atomic E-state index is 11.3. The Kier molecular flexibility index (Phi) is 6.37. The van der Waals surface area contributed by atoms with E-state index in [0.29, 0.717) is 12.8 Å². The number of ether oxygens (including phenoxy) is 1. The second kappa shape index (κ2) is 8.55. The molecule has 3 rings (SSSR count). The average molecular weight is 483 g/mol. The van der Waals surface area contributed by atoms with E-state index in [2.05, 4.69) is 55.0 Å². The van der Waals surface area contributed by atoms with Gasteiger partial charge in [-0.25, -0.2) is 0 Å². The quantitative estimate of drug-likeness (QED) is 0.643. The van der Waals surface area contributed by atoms with Crippen molar-refractivity contribution >= 4 is 37.8 Å². The number of halogens is 2. The van der Waals surface area contributed by atoms with Gasteiger partial charge in [0.25, 0.3) is 0 Å². The number of likely N-dealkylation sites (tertiary alicyclic amines) is 1. The lowest BCUT2D eigenvalue weighted by atomic mass is 9.91. The molecule has 4 nitrogen and oxygen atoms in total. The van der Waals surface area contributed by atoms with E-state index in [1.165, 1.54) is 5.56 Å². The number of rotatable bonds is 5. The largest absolute Gasteiger partial charge is 0.496 e. The van der Waals surface area contributed by atoms with E-state index in [1.54, 1.807) is 7.11 Å². The number of nitrogens with zero attached hydrogens (tertiary/aromatic N) is 1. The molecular formula is C20H21Br2NO3. The third-order valence-corrected chi connectivity index (χ3v) is 5.94. The zero-order valence-electron chi connectivity index (χ0n) is 14.5. The molecule has 1 fully saturated rings. The van der Waals surface area contributed by atoms with E-state index in [4.69, 9.17) is 4.74 Å². The molecule has 1 heterocycles. The molecule has 6 heteroatoms. The van der Waals surface area contributed by atoms with Crippen LogP contribution < -0.4 is 4.74 Å². The van der Waals surface area contributed by atoms with Gasteiger partial charge in [-0.2, -0.15) is 0 Å². The van der Waals surface area contributed by atoms with E-state index in [-0.39, 0.29) is 12.0 Å². The highest BCUT2D eigenvalue weighted by atomic mass is 79.9. The van der Waals surface area contributed by atoms with Gasteiger partial charge in [-0.15, -0.1) is 0 Å². The summed E-state index contributed by atoms with van der Waals surface area (Å²) >= 11 is 7.07. The Morgan fingerprint density at radius 2 is 1.73 bits per heavy atom. The first-order chi connectivity index (χ1) is 12.5. The van der Waals surface area contributed by atoms with Crippen LogP contribution in [0, 0.1) is 5.92 Å². The predicted octanol–water partition coefficient (Wildman–Crippen LogP) is 5.11. The second-order valence-electron chi connectivity index (χ2n) is 6.49. The minimum Gasteiger partial charge on any atom is -0.496 e. The molecule has 0 saturated carbocycles. The summed E-state index contributed by atoms with van der Waals surface area (Å²) < 4.78 is 7.66. The SMILES string of the molecule is COc1ccc(Br)cc1C(c1ccc(Br)cc1)N1CCC(C(=O)O)CC1. The van der Waals surface area contributed by atoms with Gasteiger partial charge >= 0.3 is 5.97 Å². The Labute approximate surface area is 170 Å². The van der Waals surface area contributed by atoms with Crippen LogP contribution in [0.25, 0.3) is 0 Å². The van der Waals surface area contributed by atoms with Crippen LogP contribution in [-0.4, -0.2) is 36.2 Å². The first-order valence-electron chi connectivity index (χ1n) is 8.55. The van der Waals surface area contributed by atoms with Crippen molar-refractivity contribution in [1.29, 1.82) is 0 Å². The highest BCUT2D eigenvalue weighted by molar-refractivity contribution is 9.10. The molecule has 1 aliphatic rings. The van der Waals surface area contributed by atoms with Gasteiger partial charge < -0.3 is 9.84 Å². The number of carboxylic acids is 1. The molecule has 26 heavy (non-hydrogen) atoms. The van der Waals surface area contributed by atoms with Crippen molar-refractivity contribution in [2.45, 2.75) is 18.9 Å². The lowest BCUT2D eigenvalue weighted by molar-refractivity contribution is -0.143. The summed E-state index contributed by atoms with van der Waals surface area (Å²) in [5, 5.41) is 9.30. The number of carbonyl (C=O) groups is 1. The predicted molar refractivity (Wildman–Crippen MR) is 109 cm³/mol. The molecule has 138 valence electrons. The fourth-order valence-corrected chi connectivity index (χ4v) is 4.20. The zero-order chi connectivity index (χ0) is 18.7. The van der Waals surface area contributed by atoms with Gasteiger partial charge in [-0.05, 0) is 61.8 Å². The van der Waals surface area contributed by atoms with Crippen molar-refractivity contribution in [1.82, 2.24) is 4.90 Å². The van der Waals surface area contributed by atoms with Gasteiger partial charge in [0.1, 0.15) is 5.75 Å². The minimum atomic E-state index is -0.690. The van der Waals surface area contributed by atoms with Crippen LogP contribution in [0.15, 0.2) is 51.4 Å². The molecule has 1 atom stereocenters. The highest BCUT2D eigenvalue weighted by Gasteiger charge is 2.31. The number of methoxy groups -OCH3 is 1. The van der Waals surface area contributed by atoms with Crippen molar-refractivity contribution < 1.29 is 14.6 Å². The molecule has 0 aromatic heterocycles. The van der Waals surface area contributed by atoms with Gasteiger partial charge in [-0.3, -0.25) is 9.69 Å². The molecular weight excluding hydrogens is 462 g/mol. The lowest BCUT2D eigenvalue weighted by Gasteiger charge is -2.37. The Balaban J connectivity index is 1.99. The summed E-state index contributed by atoms with van der Waals surface area (Å²) in [5.41, 5.74) is 2.25. The Morgan fingerprint density at radius 3 is 2.31 bits per heavy atom. The lowest BCUT2D eigenvalue weighted by Crippen LogP contribution is -2.39. The number of hydrogen-bond acceptors (Lipinski definition) is 3. The minimum absolute atomic E-state index is 0.0188. The van der Waals surface area contributed by atoms with Crippen molar-refractivity contribution in [2.24, 2.45) is 5.92 Å². The summed E-state index contributed by atoms with van der Waals surface area (Å²) in [6, 6.07) is 14.3. The van der Waals surface area contributed by atoms with E-state index in [0.717, 1.165) is 33.3 Å². The second-order valence-corrected chi connectivity index (χ2v) is 8.32. The molecule has 0 aliphatic carbocycles. The van der Waals surface area contributed by atoms with E-state index in [9.17, 15) is 9.90 Å². The van der Waals surface area contributed by atoms with Crippen LogP contribution in [0.5, 0.6) is 5.75 Å². The highest BCUT2D eigenvalue weighted by Crippen LogP contribution is 2.38. The third-order valence-electron chi connectivity index (χ3n) is 4.92. The number of piperidine rings is 1.